The molecule has 12 rings (SSSR count). The Morgan fingerprint density at radius 2 is 1.00 bits per heavy atom. The topological polar surface area (TPSA) is 27.1 Å². The fourth-order valence-corrected chi connectivity index (χ4v) is 8.94. The molecular formula is C51H30N2O. The highest BCUT2D eigenvalue weighted by Crippen LogP contribution is 2.52. The van der Waals surface area contributed by atoms with E-state index in [-0.39, 0.29) is 0 Å². The van der Waals surface area contributed by atoms with Crippen molar-refractivity contribution in [2.75, 3.05) is 0 Å². The molecule has 1 aliphatic rings. The predicted molar refractivity (Wildman–Crippen MR) is 225 cm³/mol. The van der Waals surface area contributed by atoms with Crippen molar-refractivity contribution in [2.45, 2.75) is 0 Å². The van der Waals surface area contributed by atoms with E-state index in [9.17, 15) is 0 Å². The van der Waals surface area contributed by atoms with Crippen molar-refractivity contribution < 1.29 is 4.74 Å². The van der Waals surface area contributed by atoms with Gasteiger partial charge in [-0.05, 0) is 95.3 Å². The average molecular weight is 687 g/mol. The van der Waals surface area contributed by atoms with E-state index in [0.717, 1.165) is 50.7 Å². The SMILES string of the molecule is c1cc(-c2c3ccccc3c(-c3ccc4ccc5ccccc5c4c3)c3ccccc23)c2c(c1)-n1c(-c3ccc4ccccc4c3)nc3cccc(c31)O2. The lowest BCUT2D eigenvalue weighted by Crippen LogP contribution is -2.07. The van der Waals surface area contributed by atoms with Gasteiger partial charge < -0.3 is 4.74 Å². The van der Waals surface area contributed by atoms with E-state index in [1.165, 1.54) is 65.0 Å². The maximum absolute atomic E-state index is 7.00. The van der Waals surface area contributed by atoms with Crippen LogP contribution in [0.15, 0.2) is 182 Å². The zero-order valence-corrected chi connectivity index (χ0v) is 29.1. The lowest BCUT2D eigenvalue weighted by molar-refractivity contribution is 0.478. The number of hydrogen-bond donors (Lipinski definition) is 0. The van der Waals surface area contributed by atoms with Crippen LogP contribution >= 0.6 is 0 Å². The molecule has 10 aromatic carbocycles. The molecule has 0 unspecified atom stereocenters. The molecule has 0 radical (unpaired) electrons. The third kappa shape index (κ3) is 4.15. The van der Waals surface area contributed by atoms with Crippen molar-refractivity contribution in [3.8, 4) is 50.8 Å². The molecule has 0 bridgehead atoms. The van der Waals surface area contributed by atoms with Crippen LogP contribution in [0.5, 0.6) is 11.5 Å². The number of para-hydroxylation sites is 2. The maximum Gasteiger partial charge on any atom is 0.159 e. The zero-order chi connectivity index (χ0) is 35.3. The molecule has 0 saturated carbocycles. The van der Waals surface area contributed by atoms with E-state index >= 15 is 0 Å². The Labute approximate surface area is 310 Å². The largest absolute Gasteiger partial charge is 0.452 e. The fourth-order valence-electron chi connectivity index (χ4n) is 8.94. The molecule has 0 atom stereocenters. The number of rotatable bonds is 3. The van der Waals surface area contributed by atoms with E-state index in [4.69, 9.17) is 9.72 Å². The van der Waals surface area contributed by atoms with E-state index in [2.05, 4.69) is 180 Å². The summed E-state index contributed by atoms with van der Waals surface area (Å²) in [6.45, 7) is 0. The van der Waals surface area contributed by atoms with Crippen LogP contribution in [-0.4, -0.2) is 9.55 Å². The van der Waals surface area contributed by atoms with E-state index in [1.54, 1.807) is 0 Å². The van der Waals surface area contributed by atoms with Crippen molar-refractivity contribution in [1.82, 2.24) is 9.55 Å². The summed E-state index contributed by atoms with van der Waals surface area (Å²) < 4.78 is 9.30. The second kappa shape index (κ2) is 11.1. The Morgan fingerprint density at radius 1 is 0.407 bits per heavy atom. The number of nitrogens with zero attached hydrogens (tertiary/aromatic N) is 2. The van der Waals surface area contributed by atoms with Crippen molar-refractivity contribution >= 4 is 64.9 Å². The van der Waals surface area contributed by atoms with Crippen LogP contribution in [0.25, 0.3) is 104 Å². The fraction of sp³-hybridized carbons (Fsp3) is 0. The van der Waals surface area contributed by atoms with Crippen LogP contribution in [-0.2, 0) is 0 Å². The molecule has 54 heavy (non-hydrogen) atoms. The molecule has 11 aromatic rings. The summed E-state index contributed by atoms with van der Waals surface area (Å²) in [6, 6.07) is 65.6. The first-order valence-electron chi connectivity index (χ1n) is 18.5. The van der Waals surface area contributed by atoms with E-state index in [0.29, 0.717) is 0 Å². The van der Waals surface area contributed by atoms with Gasteiger partial charge >= 0.3 is 0 Å². The van der Waals surface area contributed by atoms with Gasteiger partial charge in [-0.25, -0.2) is 4.98 Å². The number of imidazole rings is 1. The average Bonchev–Trinajstić information content (AvgIpc) is 3.63. The molecule has 3 nitrogen and oxygen atoms in total. The molecule has 1 aromatic heterocycles. The van der Waals surface area contributed by atoms with Crippen LogP contribution in [0.2, 0.25) is 0 Å². The maximum atomic E-state index is 7.00. The standard InChI is InChI=1S/C51H30N2O/c1-2-13-34-29-36(28-23-31(34)11-1)51-52-44-20-10-22-46-49(44)53(51)45-21-9-19-42(50(45)54-46)48-40-17-7-5-15-38(40)47(39-16-6-8-18-41(39)48)35-27-26-33-25-24-32-12-3-4-14-37(32)43(33)30-35/h1-30H. The van der Waals surface area contributed by atoms with Crippen molar-refractivity contribution in [2.24, 2.45) is 0 Å². The Hall–Kier alpha value is -7.23. The lowest BCUT2D eigenvalue weighted by Gasteiger charge is -2.25. The van der Waals surface area contributed by atoms with Gasteiger partial charge in [0.1, 0.15) is 11.3 Å². The second-order valence-electron chi connectivity index (χ2n) is 14.3. The van der Waals surface area contributed by atoms with Gasteiger partial charge in [0.25, 0.3) is 0 Å². The highest BCUT2D eigenvalue weighted by atomic mass is 16.5. The third-order valence-electron chi connectivity index (χ3n) is 11.3. The number of benzene rings is 10. The highest BCUT2D eigenvalue weighted by Gasteiger charge is 2.29. The number of fused-ring (bicyclic) bond motifs is 8. The van der Waals surface area contributed by atoms with Crippen molar-refractivity contribution in [3.05, 3.63) is 182 Å². The molecule has 0 spiro atoms. The zero-order valence-electron chi connectivity index (χ0n) is 29.1. The normalized spacial score (nSPS) is 12.2. The summed E-state index contributed by atoms with van der Waals surface area (Å²) in [7, 11) is 0. The summed E-state index contributed by atoms with van der Waals surface area (Å²) in [6.07, 6.45) is 0. The minimum atomic E-state index is 0.806. The Morgan fingerprint density at radius 3 is 1.78 bits per heavy atom. The van der Waals surface area contributed by atoms with Gasteiger partial charge in [0.2, 0.25) is 0 Å². The Balaban J connectivity index is 1.13. The van der Waals surface area contributed by atoms with Gasteiger partial charge in [-0.2, -0.15) is 0 Å². The Bertz CT molecular complexity index is 3320. The minimum absolute atomic E-state index is 0.806. The summed E-state index contributed by atoms with van der Waals surface area (Å²) in [5.74, 6) is 2.54. The van der Waals surface area contributed by atoms with Gasteiger partial charge in [0, 0.05) is 16.7 Å². The van der Waals surface area contributed by atoms with Crippen LogP contribution in [0.1, 0.15) is 0 Å². The van der Waals surface area contributed by atoms with Gasteiger partial charge in [0.15, 0.2) is 11.5 Å². The van der Waals surface area contributed by atoms with Gasteiger partial charge in [-0.15, -0.1) is 0 Å². The summed E-state index contributed by atoms with van der Waals surface area (Å²) in [4.78, 5) is 5.23. The molecule has 0 aliphatic carbocycles. The number of hydrogen-bond acceptors (Lipinski definition) is 2. The van der Waals surface area contributed by atoms with Gasteiger partial charge in [-0.3, -0.25) is 4.57 Å². The lowest BCUT2D eigenvalue weighted by atomic mass is 9.85. The van der Waals surface area contributed by atoms with Crippen molar-refractivity contribution in [3.63, 3.8) is 0 Å². The number of ether oxygens (including phenoxy) is 1. The third-order valence-corrected chi connectivity index (χ3v) is 11.3. The van der Waals surface area contributed by atoms with Gasteiger partial charge in [0.05, 0.1) is 11.2 Å². The van der Waals surface area contributed by atoms with Crippen LogP contribution in [0, 0.1) is 0 Å². The first-order valence-corrected chi connectivity index (χ1v) is 18.5. The molecule has 3 heteroatoms. The highest BCUT2D eigenvalue weighted by molar-refractivity contribution is 6.23. The molecule has 1 aliphatic heterocycles. The first kappa shape index (κ1) is 29.4. The van der Waals surface area contributed by atoms with Crippen LogP contribution < -0.4 is 4.74 Å². The first-order chi connectivity index (χ1) is 26.8. The molecule has 2 heterocycles. The summed E-state index contributed by atoms with van der Waals surface area (Å²) in [5.41, 5.74) is 8.61. The summed E-state index contributed by atoms with van der Waals surface area (Å²) in [5, 5.41) is 12.2. The minimum Gasteiger partial charge on any atom is -0.452 e. The van der Waals surface area contributed by atoms with Crippen LogP contribution in [0.3, 0.4) is 0 Å². The second-order valence-corrected chi connectivity index (χ2v) is 14.3. The summed E-state index contributed by atoms with van der Waals surface area (Å²) >= 11 is 0. The molecule has 250 valence electrons. The number of aromatic nitrogens is 2. The van der Waals surface area contributed by atoms with E-state index in [1.807, 2.05) is 6.07 Å². The molecule has 0 saturated heterocycles. The van der Waals surface area contributed by atoms with Crippen molar-refractivity contribution in [1.29, 1.82) is 0 Å². The molecule has 0 fully saturated rings. The Kier molecular flexibility index (Phi) is 6.05. The predicted octanol–water partition coefficient (Wildman–Crippen LogP) is 13.9. The van der Waals surface area contributed by atoms with E-state index < -0.39 is 0 Å². The smallest absolute Gasteiger partial charge is 0.159 e. The quantitative estimate of drug-likeness (QED) is 0.137. The van der Waals surface area contributed by atoms with Crippen LogP contribution in [0.4, 0.5) is 0 Å². The molecule has 0 amide bonds. The monoisotopic (exact) mass is 686 g/mol. The molecular weight excluding hydrogens is 657 g/mol. The van der Waals surface area contributed by atoms with Gasteiger partial charge in [-0.1, -0.05) is 152 Å². The molecule has 0 N–H and O–H groups in total.